The summed E-state index contributed by atoms with van der Waals surface area (Å²) >= 11 is 0. The highest BCUT2D eigenvalue weighted by atomic mass is 16.5. The van der Waals surface area contributed by atoms with Crippen LogP contribution in [0.1, 0.15) is 194 Å². The number of aliphatic hydroxyl groups is 3. The van der Waals surface area contributed by atoms with E-state index >= 15 is 0 Å². The molecule has 2 amide bonds. The first-order valence-corrected chi connectivity index (χ1v) is 20.7. The van der Waals surface area contributed by atoms with Gasteiger partial charge in [-0.15, -0.1) is 0 Å². The van der Waals surface area contributed by atoms with Crippen molar-refractivity contribution in [1.82, 2.24) is 10.2 Å². The standard InChI is InChI=1S/C40H76N2O8/c1-3-5-7-9-11-13-15-16-17-18-19-20-22-24-26-28-35(45)42(31-27-25-23-21-14-12-10-8-6-4-2)40-37(41-34(44)29-30-36(46)47)39(49)38(48)33(32-43)50-40/h33,37-40,43,48-49H,3-32H2,1-2H3,(H,41,44)(H,46,47)/t33-,37+,38-,39-,40-/m1/s1. The third-order valence-corrected chi connectivity index (χ3v) is 10.2. The van der Waals surface area contributed by atoms with Gasteiger partial charge in [0.25, 0.3) is 0 Å². The van der Waals surface area contributed by atoms with Crippen LogP contribution in [0.4, 0.5) is 0 Å². The molecule has 5 atom stereocenters. The molecular weight excluding hydrogens is 636 g/mol. The lowest BCUT2D eigenvalue weighted by atomic mass is 9.94. The van der Waals surface area contributed by atoms with Crippen LogP contribution in [0.2, 0.25) is 0 Å². The highest BCUT2D eigenvalue weighted by Gasteiger charge is 2.48. The fourth-order valence-corrected chi connectivity index (χ4v) is 6.95. The van der Waals surface area contributed by atoms with Gasteiger partial charge in [0.15, 0.2) is 6.23 Å². The molecule has 0 aromatic rings. The van der Waals surface area contributed by atoms with Crippen LogP contribution < -0.4 is 5.32 Å². The molecule has 0 unspecified atom stereocenters. The van der Waals surface area contributed by atoms with Gasteiger partial charge in [0.05, 0.1) is 13.0 Å². The first kappa shape index (κ1) is 46.3. The summed E-state index contributed by atoms with van der Waals surface area (Å²) in [5.74, 6) is -1.89. The molecule has 0 aromatic carbocycles. The largest absolute Gasteiger partial charge is 0.481 e. The average Bonchev–Trinajstić information content (AvgIpc) is 3.10. The third-order valence-electron chi connectivity index (χ3n) is 10.2. The van der Waals surface area contributed by atoms with E-state index < -0.39 is 49.1 Å². The average molecular weight is 713 g/mol. The Morgan fingerprint density at radius 3 is 1.42 bits per heavy atom. The topological polar surface area (TPSA) is 157 Å². The first-order chi connectivity index (χ1) is 24.3. The van der Waals surface area contributed by atoms with E-state index in [1.807, 2.05) is 0 Å². The molecule has 1 aliphatic heterocycles. The lowest BCUT2D eigenvalue weighted by molar-refractivity contribution is -0.231. The molecule has 0 spiro atoms. The lowest BCUT2D eigenvalue weighted by Gasteiger charge is -2.47. The molecule has 0 aliphatic carbocycles. The van der Waals surface area contributed by atoms with Crippen molar-refractivity contribution in [2.24, 2.45) is 0 Å². The van der Waals surface area contributed by atoms with Gasteiger partial charge in [0.1, 0.15) is 24.4 Å². The second-order valence-corrected chi connectivity index (χ2v) is 14.7. The molecular formula is C40H76N2O8. The van der Waals surface area contributed by atoms with E-state index in [2.05, 4.69) is 19.2 Å². The quantitative estimate of drug-likeness (QED) is 0.0432. The number of aliphatic carboxylic acids is 1. The number of nitrogens with zero attached hydrogens (tertiary/aromatic N) is 1. The van der Waals surface area contributed by atoms with Crippen LogP contribution in [0, 0.1) is 0 Å². The van der Waals surface area contributed by atoms with E-state index in [0.717, 1.165) is 51.4 Å². The van der Waals surface area contributed by atoms with Gasteiger partial charge in [0.2, 0.25) is 11.8 Å². The number of rotatable bonds is 33. The maximum atomic E-state index is 13.7. The molecule has 0 aromatic heterocycles. The van der Waals surface area contributed by atoms with Gasteiger partial charge in [-0.2, -0.15) is 0 Å². The van der Waals surface area contributed by atoms with Gasteiger partial charge >= 0.3 is 5.97 Å². The Kier molecular flexibility index (Phi) is 28.5. The minimum absolute atomic E-state index is 0.148. The monoisotopic (exact) mass is 713 g/mol. The number of nitrogens with one attached hydrogen (secondary N) is 1. The maximum Gasteiger partial charge on any atom is 0.303 e. The number of carbonyl (C=O) groups is 3. The molecule has 0 radical (unpaired) electrons. The Balaban J connectivity index is 2.67. The van der Waals surface area contributed by atoms with E-state index in [-0.39, 0.29) is 18.7 Å². The van der Waals surface area contributed by atoms with E-state index in [1.54, 1.807) is 4.90 Å². The lowest BCUT2D eigenvalue weighted by Crippen LogP contribution is -2.68. The smallest absolute Gasteiger partial charge is 0.303 e. The number of carbonyl (C=O) groups excluding carboxylic acids is 2. The number of aliphatic hydroxyl groups excluding tert-OH is 3. The molecule has 294 valence electrons. The molecule has 10 heteroatoms. The number of carboxylic acid groups (broad SMARTS) is 1. The predicted molar refractivity (Wildman–Crippen MR) is 200 cm³/mol. The summed E-state index contributed by atoms with van der Waals surface area (Å²) in [6.07, 6.45) is 24.2. The summed E-state index contributed by atoms with van der Waals surface area (Å²) < 4.78 is 6.03. The van der Waals surface area contributed by atoms with Crippen LogP contribution in [-0.2, 0) is 19.1 Å². The van der Waals surface area contributed by atoms with E-state index in [0.29, 0.717) is 13.0 Å². The number of hydrogen-bond acceptors (Lipinski definition) is 7. The Morgan fingerprint density at radius 1 is 0.580 bits per heavy atom. The SMILES string of the molecule is CCCCCCCCCCCCCCCCCC(=O)N(CCCCCCCCCCCC)[C@@H]1O[C@H](CO)[C@@H](O)[C@H](O)[C@@H]1NC(=O)CCC(=O)O. The van der Waals surface area contributed by atoms with Crippen LogP contribution in [0.3, 0.4) is 0 Å². The fourth-order valence-electron chi connectivity index (χ4n) is 6.95. The summed E-state index contributed by atoms with van der Waals surface area (Å²) in [4.78, 5) is 39.0. The predicted octanol–water partition coefficient (Wildman–Crippen LogP) is 7.79. The second kappa shape index (κ2) is 30.8. The second-order valence-electron chi connectivity index (χ2n) is 14.7. The highest BCUT2D eigenvalue weighted by Crippen LogP contribution is 2.26. The van der Waals surface area contributed by atoms with E-state index in [9.17, 15) is 29.7 Å². The van der Waals surface area contributed by atoms with Crippen molar-refractivity contribution in [3.05, 3.63) is 0 Å². The molecule has 1 saturated heterocycles. The molecule has 1 rings (SSSR count). The number of amides is 2. The molecule has 1 aliphatic rings. The van der Waals surface area contributed by atoms with Crippen molar-refractivity contribution in [3.8, 4) is 0 Å². The van der Waals surface area contributed by atoms with Crippen molar-refractivity contribution in [1.29, 1.82) is 0 Å². The van der Waals surface area contributed by atoms with Gasteiger partial charge in [-0.25, -0.2) is 0 Å². The van der Waals surface area contributed by atoms with Crippen molar-refractivity contribution in [2.45, 2.75) is 224 Å². The summed E-state index contributed by atoms with van der Waals surface area (Å²) in [5, 5.41) is 43.2. The van der Waals surface area contributed by atoms with Gasteiger partial charge in [0, 0.05) is 19.4 Å². The third kappa shape index (κ3) is 21.6. The minimum atomic E-state index is -1.51. The van der Waals surface area contributed by atoms with Gasteiger partial charge < -0.3 is 35.4 Å². The van der Waals surface area contributed by atoms with Gasteiger partial charge in [-0.1, -0.05) is 162 Å². The minimum Gasteiger partial charge on any atom is -0.481 e. The summed E-state index contributed by atoms with van der Waals surface area (Å²) in [6.45, 7) is 4.27. The van der Waals surface area contributed by atoms with Crippen molar-refractivity contribution in [3.63, 3.8) is 0 Å². The Morgan fingerprint density at radius 2 is 1.00 bits per heavy atom. The Hall–Kier alpha value is -1.75. The molecule has 1 fully saturated rings. The maximum absolute atomic E-state index is 13.7. The summed E-state index contributed by atoms with van der Waals surface area (Å²) in [6, 6.07) is -1.16. The molecule has 10 nitrogen and oxygen atoms in total. The number of unbranched alkanes of at least 4 members (excludes halogenated alkanes) is 23. The van der Waals surface area contributed by atoms with Crippen LogP contribution in [-0.4, -0.2) is 86.8 Å². The van der Waals surface area contributed by atoms with Crippen LogP contribution in [0.25, 0.3) is 0 Å². The molecule has 50 heavy (non-hydrogen) atoms. The number of carboxylic acids is 1. The van der Waals surface area contributed by atoms with Crippen molar-refractivity contribution >= 4 is 17.8 Å². The van der Waals surface area contributed by atoms with Crippen LogP contribution in [0.5, 0.6) is 0 Å². The van der Waals surface area contributed by atoms with Crippen molar-refractivity contribution in [2.75, 3.05) is 13.2 Å². The molecule has 0 bridgehead atoms. The number of ether oxygens (including phenoxy) is 1. The zero-order valence-corrected chi connectivity index (χ0v) is 32.0. The zero-order chi connectivity index (χ0) is 36.8. The first-order valence-electron chi connectivity index (χ1n) is 20.7. The molecule has 0 saturated carbocycles. The molecule has 5 N–H and O–H groups in total. The highest BCUT2D eigenvalue weighted by molar-refractivity contribution is 5.81. The summed E-state index contributed by atoms with van der Waals surface area (Å²) in [5.41, 5.74) is 0. The summed E-state index contributed by atoms with van der Waals surface area (Å²) in [7, 11) is 0. The van der Waals surface area contributed by atoms with E-state index in [4.69, 9.17) is 9.84 Å². The van der Waals surface area contributed by atoms with Crippen LogP contribution >= 0.6 is 0 Å². The number of hydrogen-bond donors (Lipinski definition) is 5. The van der Waals surface area contributed by atoms with Gasteiger partial charge in [-0.05, 0) is 12.8 Å². The van der Waals surface area contributed by atoms with Crippen LogP contribution in [0.15, 0.2) is 0 Å². The van der Waals surface area contributed by atoms with Gasteiger partial charge in [-0.3, -0.25) is 14.4 Å². The van der Waals surface area contributed by atoms with Crippen molar-refractivity contribution < 1.29 is 39.5 Å². The Bertz CT molecular complexity index is 859. The Labute approximate surface area is 304 Å². The normalized spacial score (nSPS) is 20.5. The fraction of sp³-hybridized carbons (Fsp3) is 0.925. The zero-order valence-electron chi connectivity index (χ0n) is 32.0. The molecule has 1 heterocycles. The van der Waals surface area contributed by atoms with E-state index in [1.165, 1.54) is 109 Å².